The Labute approximate surface area is 120 Å². The lowest BCUT2D eigenvalue weighted by atomic mass is 9.79. The number of nitrogens with zero attached hydrogens (tertiary/aromatic N) is 1. The van der Waals surface area contributed by atoms with Gasteiger partial charge < -0.3 is 4.90 Å². The first-order chi connectivity index (χ1) is 8.90. The Hall–Kier alpha value is -1.02. The van der Waals surface area contributed by atoms with Crippen molar-refractivity contribution in [1.82, 2.24) is 0 Å². The van der Waals surface area contributed by atoms with E-state index in [4.69, 9.17) is 11.6 Å². The molecule has 19 heavy (non-hydrogen) atoms. The second kappa shape index (κ2) is 5.16. The average Bonchev–Trinajstić information content (AvgIpc) is 2.33. The van der Waals surface area contributed by atoms with Crippen molar-refractivity contribution in [1.29, 1.82) is 0 Å². The zero-order valence-corrected chi connectivity index (χ0v) is 12.9. The molecule has 2 rings (SSSR count). The zero-order chi connectivity index (χ0) is 14.2. The monoisotopic (exact) mass is 279 g/mol. The smallest absolute Gasteiger partial charge is 0.151 e. The highest BCUT2D eigenvalue weighted by Crippen LogP contribution is 2.44. The minimum atomic E-state index is 0.133. The van der Waals surface area contributed by atoms with Gasteiger partial charge in [0.2, 0.25) is 0 Å². The summed E-state index contributed by atoms with van der Waals surface area (Å²) >= 11 is 6.21. The molecule has 104 valence electrons. The molecular formula is C16H22ClNO. The fraction of sp³-hybridized carbons (Fsp3) is 0.562. The summed E-state index contributed by atoms with van der Waals surface area (Å²) in [5.41, 5.74) is 3.18. The van der Waals surface area contributed by atoms with E-state index in [1.807, 2.05) is 12.1 Å². The van der Waals surface area contributed by atoms with Gasteiger partial charge in [-0.3, -0.25) is 4.79 Å². The van der Waals surface area contributed by atoms with E-state index in [2.05, 4.69) is 32.6 Å². The van der Waals surface area contributed by atoms with Gasteiger partial charge in [-0.1, -0.05) is 25.4 Å². The summed E-state index contributed by atoms with van der Waals surface area (Å²) in [5.74, 6) is 0.453. The molecule has 2 nitrogen and oxygen atoms in total. The Morgan fingerprint density at radius 1 is 1.47 bits per heavy atom. The highest BCUT2D eigenvalue weighted by molar-refractivity contribution is 6.33. The Bertz CT molecular complexity index is 496. The van der Waals surface area contributed by atoms with E-state index in [-0.39, 0.29) is 5.54 Å². The third kappa shape index (κ3) is 2.51. The van der Waals surface area contributed by atoms with E-state index >= 15 is 0 Å². The van der Waals surface area contributed by atoms with Crippen molar-refractivity contribution in [2.75, 3.05) is 11.4 Å². The number of rotatable bonds is 3. The number of carbonyl (C=O) groups is 1. The molecule has 1 atom stereocenters. The first kappa shape index (κ1) is 14.4. The molecule has 1 aliphatic heterocycles. The van der Waals surface area contributed by atoms with Gasteiger partial charge in [0.15, 0.2) is 6.29 Å². The molecule has 0 fully saturated rings. The zero-order valence-electron chi connectivity index (χ0n) is 12.2. The van der Waals surface area contributed by atoms with Gasteiger partial charge in [0.05, 0.1) is 5.02 Å². The molecule has 0 radical (unpaired) electrons. The van der Waals surface area contributed by atoms with Gasteiger partial charge in [-0.05, 0) is 50.3 Å². The molecule has 1 aliphatic rings. The summed E-state index contributed by atoms with van der Waals surface area (Å²) in [5, 5.41) is 0.555. The largest absolute Gasteiger partial charge is 0.366 e. The number of hydrogen-bond donors (Lipinski definition) is 0. The van der Waals surface area contributed by atoms with Gasteiger partial charge in [0, 0.05) is 23.3 Å². The van der Waals surface area contributed by atoms with Crippen LogP contribution in [-0.2, 0) is 0 Å². The summed E-state index contributed by atoms with van der Waals surface area (Å²) in [6, 6.07) is 3.93. The Morgan fingerprint density at radius 3 is 2.74 bits per heavy atom. The van der Waals surface area contributed by atoms with Gasteiger partial charge in [0.1, 0.15) is 0 Å². The molecule has 1 unspecified atom stereocenters. The second-order valence-corrected chi connectivity index (χ2v) is 6.53. The van der Waals surface area contributed by atoms with Crippen LogP contribution in [0, 0.1) is 0 Å². The normalized spacial score (nSPS) is 21.1. The molecule has 0 aliphatic carbocycles. The number of benzene rings is 1. The van der Waals surface area contributed by atoms with Gasteiger partial charge >= 0.3 is 0 Å². The van der Waals surface area contributed by atoms with Crippen LogP contribution in [0.3, 0.4) is 0 Å². The van der Waals surface area contributed by atoms with Gasteiger partial charge in [-0.25, -0.2) is 0 Å². The van der Waals surface area contributed by atoms with Gasteiger partial charge in [0.25, 0.3) is 0 Å². The summed E-state index contributed by atoms with van der Waals surface area (Å²) in [7, 11) is 0. The van der Waals surface area contributed by atoms with Crippen molar-refractivity contribution < 1.29 is 4.79 Å². The third-order valence-corrected chi connectivity index (χ3v) is 4.41. The van der Waals surface area contributed by atoms with Crippen LogP contribution in [0.25, 0.3) is 0 Å². The number of halogens is 1. The van der Waals surface area contributed by atoms with Crippen LogP contribution in [0.4, 0.5) is 5.69 Å². The average molecular weight is 280 g/mol. The maximum absolute atomic E-state index is 11.1. The molecule has 1 aromatic carbocycles. The van der Waals surface area contributed by atoms with E-state index in [1.165, 1.54) is 11.3 Å². The van der Waals surface area contributed by atoms with Crippen LogP contribution in [0.5, 0.6) is 0 Å². The topological polar surface area (TPSA) is 20.3 Å². The SMILES string of the molecule is CCCN1c2cc(Cl)c(C=O)cc2C(C)CC1(C)C. The molecule has 0 N–H and O–H groups in total. The Morgan fingerprint density at radius 2 is 2.16 bits per heavy atom. The third-order valence-electron chi connectivity index (χ3n) is 4.08. The molecule has 0 saturated heterocycles. The molecule has 0 aromatic heterocycles. The lowest BCUT2D eigenvalue weighted by Gasteiger charge is -2.47. The predicted molar refractivity (Wildman–Crippen MR) is 81.6 cm³/mol. The first-order valence-electron chi connectivity index (χ1n) is 6.97. The lowest BCUT2D eigenvalue weighted by molar-refractivity contribution is 0.112. The molecule has 1 aromatic rings. The van der Waals surface area contributed by atoms with E-state index in [1.54, 1.807) is 0 Å². The minimum Gasteiger partial charge on any atom is -0.366 e. The number of aldehydes is 1. The van der Waals surface area contributed by atoms with E-state index in [9.17, 15) is 4.79 Å². The van der Waals surface area contributed by atoms with Gasteiger partial charge in [-0.2, -0.15) is 0 Å². The minimum absolute atomic E-state index is 0.133. The van der Waals surface area contributed by atoms with Crippen LogP contribution in [0.1, 0.15) is 62.4 Å². The second-order valence-electron chi connectivity index (χ2n) is 6.12. The first-order valence-corrected chi connectivity index (χ1v) is 7.34. The highest BCUT2D eigenvalue weighted by atomic mass is 35.5. The quantitative estimate of drug-likeness (QED) is 0.751. The van der Waals surface area contributed by atoms with Crippen molar-refractivity contribution in [2.24, 2.45) is 0 Å². The standard InChI is InChI=1S/C16H22ClNO/c1-5-6-18-15-8-14(17)12(10-19)7-13(15)11(2)9-16(18,3)4/h7-8,10-11H,5-6,9H2,1-4H3. The van der Waals surface area contributed by atoms with Crippen molar-refractivity contribution in [3.05, 3.63) is 28.3 Å². The molecular weight excluding hydrogens is 258 g/mol. The van der Waals surface area contributed by atoms with E-state index < -0.39 is 0 Å². The van der Waals surface area contributed by atoms with Crippen LogP contribution in [0.15, 0.2) is 12.1 Å². The highest BCUT2D eigenvalue weighted by Gasteiger charge is 2.36. The maximum Gasteiger partial charge on any atom is 0.151 e. The van der Waals surface area contributed by atoms with Crippen molar-refractivity contribution >= 4 is 23.6 Å². The fourth-order valence-corrected chi connectivity index (χ4v) is 3.46. The fourth-order valence-electron chi connectivity index (χ4n) is 3.26. The molecule has 1 heterocycles. The molecule has 0 saturated carbocycles. The predicted octanol–water partition coefficient (Wildman–Crippen LogP) is 4.65. The molecule has 3 heteroatoms. The van der Waals surface area contributed by atoms with E-state index in [0.29, 0.717) is 16.5 Å². The summed E-state index contributed by atoms with van der Waals surface area (Å²) in [6.07, 6.45) is 3.05. The number of anilines is 1. The van der Waals surface area contributed by atoms with Crippen molar-refractivity contribution in [3.63, 3.8) is 0 Å². The molecule has 0 bridgehead atoms. The van der Waals surface area contributed by atoms with Crippen LogP contribution in [0.2, 0.25) is 5.02 Å². The summed E-state index contributed by atoms with van der Waals surface area (Å²) in [6.45, 7) is 10.00. The van der Waals surface area contributed by atoms with Crippen molar-refractivity contribution in [3.8, 4) is 0 Å². The van der Waals surface area contributed by atoms with E-state index in [0.717, 1.165) is 25.7 Å². The van der Waals surface area contributed by atoms with Crippen LogP contribution in [-0.4, -0.2) is 18.4 Å². The number of hydrogen-bond acceptors (Lipinski definition) is 2. The molecule has 0 amide bonds. The Kier molecular flexibility index (Phi) is 3.91. The summed E-state index contributed by atoms with van der Waals surface area (Å²) < 4.78 is 0. The van der Waals surface area contributed by atoms with Gasteiger partial charge in [-0.15, -0.1) is 0 Å². The maximum atomic E-state index is 11.1. The number of fused-ring (bicyclic) bond motifs is 1. The Balaban J connectivity index is 2.58. The van der Waals surface area contributed by atoms with Crippen LogP contribution >= 0.6 is 11.6 Å². The van der Waals surface area contributed by atoms with Crippen LogP contribution < -0.4 is 4.90 Å². The van der Waals surface area contributed by atoms with Crippen molar-refractivity contribution in [2.45, 2.75) is 52.0 Å². The lowest BCUT2D eigenvalue weighted by Crippen LogP contribution is -2.48. The number of carbonyl (C=O) groups excluding carboxylic acids is 1. The summed E-state index contributed by atoms with van der Waals surface area (Å²) in [4.78, 5) is 13.5. The molecule has 0 spiro atoms.